The number of hydrogen-bond donors (Lipinski definition) is 3. The van der Waals surface area contributed by atoms with E-state index in [1.54, 1.807) is 0 Å². The van der Waals surface area contributed by atoms with Crippen molar-refractivity contribution in [1.29, 1.82) is 0 Å². The smallest absolute Gasteiger partial charge is 0.246 e. The highest BCUT2D eigenvalue weighted by Gasteiger charge is 2.43. The van der Waals surface area contributed by atoms with E-state index < -0.39 is 18.2 Å². The van der Waals surface area contributed by atoms with Crippen molar-refractivity contribution < 1.29 is 23.9 Å². The summed E-state index contributed by atoms with van der Waals surface area (Å²) in [6, 6.07) is -1.82. The van der Waals surface area contributed by atoms with E-state index >= 15 is 0 Å². The van der Waals surface area contributed by atoms with E-state index in [-0.39, 0.29) is 53.4 Å². The van der Waals surface area contributed by atoms with Crippen LogP contribution in [-0.4, -0.2) is 68.8 Å². The number of β-amino-alcohol motifs (C(OH)–C–C–N with tert-alkyl or cyclic N) is 1. The van der Waals surface area contributed by atoms with Crippen molar-refractivity contribution in [3.63, 3.8) is 0 Å². The van der Waals surface area contributed by atoms with Crippen molar-refractivity contribution in [2.45, 2.75) is 71.7 Å². The van der Waals surface area contributed by atoms with Crippen molar-refractivity contribution in [2.24, 2.45) is 11.3 Å². The van der Waals surface area contributed by atoms with Crippen LogP contribution >= 0.6 is 15.9 Å². The van der Waals surface area contributed by atoms with Gasteiger partial charge in [0.25, 0.3) is 0 Å². The summed E-state index contributed by atoms with van der Waals surface area (Å²) < 4.78 is 5.49. The molecule has 10 heteroatoms. The summed E-state index contributed by atoms with van der Waals surface area (Å²) in [5, 5.41) is 16.1. The summed E-state index contributed by atoms with van der Waals surface area (Å²) in [5.41, 5.74) is 1.43. The predicted octanol–water partition coefficient (Wildman–Crippen LogP) is 2.33. The van der Waals surface area contributed by atoms with E-state index in [0.29, 0.717) is 6.42 Å². The average molecular weight is 551 g/mol. The SMILES string of the molecule is Cc1ncoc1C1=CCC(C)([C@H](C)NC(=O)[C@@H]2C[C@@H](O)CN2C(=O)[C@@H](NC(=O)CBr)C(C)C)C=C1. The van der Waals surface area contributed by atoms with Crippen LogP contribution in [0.25, 0.3) is 5.57 Å². The van der Waals surface area contributed by atoms with Gasteiger partial charge in [0.05, 0.1) is 17.1 Å². The molecule has 3 rings (SSSR count). The molecule has 5 atom stereocenters. The molecule has 1 aromatic rings. The molecule has 0 saturated carbocycles. The lowest BCUT2D eigenvalue weighted by Gasteiger charge is -2.36. The number of aryl methyl sites for hydroxylation is 1. The van der Waals surface area contributed by atoms with Crippen LogP contribution in [0.3, 0.4) is 0 Å². The molecule has 192 valence electrons. The van der Waals surface area contributed by atoms with Gasteiger partial charge in [0.2, 0.25) is 17.7 Å². The Hall–Kier alpha value is -2.46. The zero-order valence-corrected chi connectivity index (χ0v) is 22.5. The molecule has 0 aromatic carbocycles. The number of aliphatic hydroxyl groups excluding tert-OH is 1. The highest BCUT2D eigenvalue weighted by atomic mass is 79.9. The number of aromatic nitrogens is 1. The molecule has 1 unspecified atom stereocenters. The molecule has 1 aliphatic carbocycles. The van der Waals surface area contributed by atoms with Crippen molar-refractivity contribution in [3.05, 3.63) is 36.1 Å². The van der Waals surface area contributed by atoms with Crippen LogP contribution in [0.4, 0.5) is 0 Å². The number of likely N-dealkylation sites (tertiary alicyclic amines) is 1. The number of aliphatic hydroxyl groups is 1. The van der Waals surface area contributed by atoms with Crippen LogP contribution in [0.5, 0.6) is 0 Å². The Morgan fingerprint density at radius 3 is 2.57 bits per heavy atom. The fourth-order valence-electron chi connectivity index (χ4n) is 4.50. The lowest BCUT2D eigenvalue weighted by atomic mass is 9.76. The molecular formula is C25H35BrN4O5. The second kappa shape index (κ2) is 11.1. The van der Waals surface area contributed by atoms with Crippen molar-refractivity contribution >= 4 is 39.2 Å². The Labute approximate surface area is 214 Å². The van der Waals surface area contributed by atoms with Crippen molar-refractivity contribution in [2.75, 3.05) is 11.9 Å². The molecule has 0 radical (unpaired) electrons. The van der Waals surface area contributed by atoms with Crippen LogP contribution < -0.4 is 10.6 Å². The number of carbonyl (C=O) groups is 3. The monoisotopic (exact) mass is 550 g/mol. The lowest BCUT2D eigenvalue weighted by Crippen LogP contribution is -2.57. The largest absolute Gasteiger partial charge is 0.443 e. The van der Waals surface area contributed by atoms with E-state index in [1.165, 1.54) is 11.3 Å². The van der Waals surface area contributed by atoms with Crippen molar-refractivity contribution in [3.8, 4) is 0 Å². The van der Waals surface area contributed by atoms with Crippen LogP contribution in [0.2, 0.25) is 0 Å². The van der Waals surface area contributed by atoms with E-state index in [4.69, 9.17) is 4.42 Å². The minimum absolute atomic E-state index is 0.0541. The maximum atomic E-state index is 13.3. The normalized spacial score (nSPS) is 25.8. The average Bonchev–Trinajstić information content (AvgIpc) is 3.42. The topological polar surface area (TPSA) is 125 Å². The van der Waals surface area contributed by atoms with Gasteiger partial charge in [-0.1, -0.05) is 54.9 Å². The summed E-state index contributed by atoms with van der Waals surface area (Å²) in [6.07, 6.45) is 7.58. The quantitative estimate of drug-likeness (QED) is 0.426. The summed E-state index contributed by atoms with van der Waals surface area (Å²) in [4.78, 5) is 44.1. The van der Waals surface area contributed by atoms with Gasteiger partial charge >= 0.3 is 0 Å². The first kappa shape index (κ1) is 27.1. The van der Waals surface area contributed by atoms with Gasteiger partial charge in [-0.2, -0.15) is 0 Å². The Morgan fingerprint density at radius 1 is 1.31 bits per heavy atom. The number of halogens is 1. The number of nitrogens with one attached hydrogen (secondary N) is 2. The molecule has 0 bridgehead atoms. The van der Waals surface area contributed by atoms with Gasteiger partial charge in [0.1, 0.15) is 12.1 Å². The Bertz CT molecular complexity index is 1020. The number of nitrogens with zero attached hydrogens (tertiary/aromatic N) is 2. The van der Waals surface area contributed by atoms with Gasteiger partial charge in [0.15, 0.2) is 12.2 Å². The zero-order chi connectivity index (χ0) is 25.9. The Kier molecular flexibility index (Phi) is 8.58. The molecule has 2 heterocycles. The highest BCUT2D eigenvalue weighted by molar-refractivity contribution is 9.09. The molecule has 9 nitrogen and oxygen atoms in total. The third kappa shape index (κ3) is 6.03. The summed E-state index contributed by atoms with van der Waals surface area (Å²) >= 11 is 3.10. The first-order valence-corrected chi connectivity index (χ1v) is 13.0. The first-order valence-electron chi connectivity index (χ1n) is 11.9. The van der Waals surface area contributed by atoms with E-state index in [0.717, 1.165) is 17.0 Å². The van der Waals surface area contributed by atoms with Gasteiger partial charge < -0.3 is 25.1 Å². The van der Waals surface area contributed by atoms with Crippen molar-refractivity contribution in [1.82, 2.24) is 20.5 Å². The molecule has 1 aliphatic heterocycles. The van der Waals surface area contributed by atoms with Crippen LogP contribution in [-0.2, 0) is 14.4 Å². The zero-order valence-electron chi connectivity index (χ0n) is 20.9. The fraction of sp³-hybridized carbons (Fsp3) is 0.600. The maximum Gasteiger partial charge on any atom is 0.246 e. The molecule has 1 saturated heterocycles. The minimum Gasteiger partial charge on any atom is -0.443 e. The standard InChI is InChI=1S/C25H35BrN4O5/c1-14(2)21(29-20(32)11-26)24(34)30-12-18(31)10-19(30)23(33)28-16(4)25(5)8-6-17(7-9-25)22-15(3)27-13-35-22/h6-8,13-14,16,18-19,21,31H,9-12H2,1-5H3,(H,28,33)(H,29,32)/t16-,18+,19-,21-,25?/m0/s1. The minimum atomic E-state index is -0.804. The summed E-state index contributed by atoms with van der Waals surface area (Å²) in [5.74, 6) is -0.423. The molecule has 3 N–H and O–H groups in total. The highest BCUT2D eigenvalue weighted by Crippen LogP contribution is 2.36. The van der Waals surface area contributed by atoms with Gasteiger partial charge in [-0.25, -0.2) is 4.98 Å². The second-order valence-electron chi connectivity index (χ2n) is 10.0. The Morgan fingerprint density at radius 2 is 2.03 bits per heavy atom. The number of rotatable bonds is 8. The number of allylic oxidation sites excluding steroid dienone is 3. The van der Waals surface area contributed by atoms with Crippen LogP contribution in [0.1, 0.15) is 52.0 Å². The number of hydrogen-bond acceptors (Lipinski definition) is 6. The molecule has 2 aliphatic rings. The third-order valence-electron chi connectivity index (χ3n) is 7.00. The molecule has 0 spiro atoms. The lowest BCUT2D eigenvalue weighted by molar-refractivity contribution is -0.142. The van der Waals surface area contributed by atoms with Gasteiger partial charge in [-0.15, -0.1) is 0 Å². The number of alkyl halides is 1. The van der Waals surface area contributed by atoms with E-state index in [2.05, 4.69) is 50.6 Å². The third-order valence-corrected chi connectivity index (χ3v) is 7.51. The summed E-state index contributed by atoms with van der Waals surface area (Å²) in [7, 11) is 0. The summed E-state index contributed by atoms with van der Waals surface area (Å²) in [6.45, 7) is 9.61. The van der Waals surface area contributed by atoms with Gasteiger partial charge in [0, 0.05) is 30.0 Å². The van der Waals surface area contributed by atoms with Gasteiger partial charge in [-0.05, 0) is 26.2 Å². The molecule has 35 heavy (non-hydrogen) atoms. The number of amides is 3. The molecular weight excluding hydrogens is 516 g/mol. The molecule has 3 amide bonds. The number of carbonyl (C=O) groups excluding carboxylic acids is 3. The van der Waals surface area contributed by atoms with E-state index in [1.807, 2.05) is 33.8 Å². The fourth-order valence-corrected chi connectivity index (χ4v) is 4.66. The van der Waals surface area contributed by atoms with E-state index in [9.17, 15) is 19.5 Å². The predicted molar refractivity (Wildman–Crippen MR) is 135 cm³/mol. The molecule has 1 fully saturated rings. The van der Waals surface area contributed by atoms with Gasteiger partial charge in [-0.3, -0.25) is 14.4 Å². The second-order valence-corrected chi connectivity index (χ2v) is 10.6. The number of oxazole rings is 1. The van der Waals surface area contributed by atoms with Crippen LogP contribution in [0.15, 0.2) is 29.0 Å². The maximum absolute atomic E-state index is 13.3. The van der Waals surface area contributed by atoms with Crippen LogP contribution in [0, 0.1) is 18.3 Å². The molecule has 1 aromatic heterocycles. The Balaban J connectivity index is 1.69. The first-order chi connectivity index (χ1) is 16.5.